The largest absolute Gasteiger partial charge is 0.299 e. The Hall–Kier alpha value is -0.900. The highest BCUT2D eigenvalue weighted by molar-refractivity contribution is 5.13. The second-order valence-electron chi connectivity index (χ2n) is 4.51. The molecule has 88 valence electrons. The molecule has 0 saturated heterocycles. The molecule has 3 heteroatoms. The van der Waals surface area contributed by atoms with Crippen LogP contribution in [0.15, 0.2) is 30.3 Å². The van der Waals surface area contributed by atoms with Gasteiger partial charge >= 0.3 is 0 Å². The Morgan fingerprint density at radius 1 is 1.12 bits per heavy atom. The average Bonchev–Trinajstić information content (AvgIpc) is 2.31. The molecule has 0 atom stereocenters. The fourth-order valence-corrected chi connectivity index (χ4v) is 2.24. The van der Waals surface area contributed by atoms with E-state index in [-0.39, 0.29) is 0 Å². The molecule has 1 aromatic rings. The Morgan fingerprint density at radius 3 is 2.50 bits per heavy atom. The highest BCUT2D eigenvalue weighted by Crippen LogP contribution is 2.17. The van der Waals surface area contributed by atoms with Gasteiger partial charge in [-0.15, -0.1) is 5.17 Å². The Kier molecular flexibility index (Phi) is 4.34. The van der Waals surface area contributed by atoms with Crippen LogP contribution in [0.5, 0.6) is 0 Å². The minimum Gasteiger partial charge on any atom is -0.299 e. The Balaban J connectivity index is 1.77. The van der Waals surface area contributed by atoms with Gasteiger partial charge in [-0.25, -0.2) is 5.43 Å². The number of nitrogens with one attached hydrogen (secondary N) is 1. The van der Waals surface area contributed by atoms with Crippen molar-refractivity contribution in [3.63, 3.8) is 0 Å². The van der Waals surface area contributed by atoms with E-state index in [1.165, 1.54) is 37.3 Å². The van der Waals surface area contributed by atoms with Gasteiger partial charge in [0.25, 0.3) is 0 Å². The third-order valence-electron chi connectivity index (χ3n) is 3.11. The van der Waals surface area contributed by atoms with E-state index in [1.807, 2.05) is 30.3 Å². The van der Waals surface area contributed by atoms with Gasteiger partial charge in [-0.3, -0.25) is 5.21 Å². The third-order valence-corrected chi connectivity index (χ3v) is 3.11. The second kappa shape index (κ2) is 5.99. The molecule has 1 aliphatic rings. The first-order chi connectivity index (χ1) is 7.84. The molecule has 0 bridgehead atoms. The van der Waals surface area contributed by atoms with Gasteiger partial charge < -0.3 is 0 Å². The standard InChI is InChI=1S/C13H20N2O/c16-15(11-12-7-3-1-4-8-12)14-13-9-5-2-6-10-13/h1,3-4,7-8,13-14,16H,2,5-6,9-11H2. The van der Waals surface area contributed by atoms with E-state index in [0.29, 0.717) is 12.6 Å². The second-order valence-corrected chi connectivity index (χ2v) is 4.51. The van der Waals surface area contributed by atoms with Gasteiger partial charge in [0, 0.05) is 6.04 Å². The summed E-state index contributed by atoms with van der Waals surface area (Å²) < 4.78 is 0. The predicted molar refractivity (Wildman–Crippen MR) is 63.8 cm³/mol. The van der Waals surface area contributed by atoms with Gasteiger partial charge in [0.15, 0.2) is 0 Å². The van der Waals surface area contributed by atoms with Crippen LogP contribution in [0.1, 0.15) is 37.7 Å². The minimum absolute atomic E-state index is 0.447. The van der Waals surface area contributed by atoms with E-state index in [9.17, 15) is 5.21 Å². The number of hydroxylamine groups is 1. The van der Waals surface area contributed by atoms with Gasteiger partial charge in [-0.1, -0.05) is 49.6 Å². The molecule has 0 amide bonds. The average molecular weight is 220 g/mol. The zero-order valence-corrected chi connectivity index (χ0v) is 9.60. The lowest BCUT2D eigenvalue weighted by molar-refractivity contribution is -0.157. The summed E-state index contributed by atoms with van der Waals surface area (Å²) >= 11 is 0. The fourth-order valence-electron chi connectivity index (χ4n) is 2.24. The van der Waals surface area contributed by atoms with E-state index < -0.39 is 0 Å². The monoisotopic (exact) mass is 220 g/mol. The normalized spacial score (nSPS) is 17.9. The zero-order chi connectivity index (χ0) is 11.2. The van der Waals surface area contributed by atoms with Gasteiger partial charge in [-0.2, -0.15) is 0 Å². The van der Waals surface area contributed by atoms with E-state index in [2.05, 4.69) is 5.43 Å². The van der Waals surface area contributed by atoms with Crippen molar-refractivity contribution in [2.75, 3.05) is 0 Å². The van der Waals surface area contributed by atoms with Crippen LogP contribution in [0.2, 0.25) is 0 Å². The van der Waals surface area contributed by atoms with Crippen LogP contribution in [0.4, 0.5) is 0 Å². The number of benzene rings is 1. The first kappa shape index (κ1) is 11.6. The van der Waals surface area contributed by atoms with Crippen molar-refractivity contribution in [3.8, 4) is 0 Å². The first-order valence-electron chi connectivity index (χ1n) is 6.11. The summed E-state index contributed by atoms with van der Waals surface area (Å²) in [5.41, 5.74) is 4.27. The van der Waals surface area contributed by atoms with Gasteiger partial charge in [0.05, 0.1) is 6.54 Å². The summed E-state index contributed by atoms with van der Waals surface area (Å²) in [5.74, 6) is 0. The highest BCUT2D eigenvalue weighted by Gasteiger charge is 2.15. The summed E-state index contributed by atoms with van der Waals surface area (Å²) in [7, 11) is 0. The summed E-state index contributed by atoms with van der Waals surface area (Å²) in [6, 6.07) is 10.5. The van der Waals surface area contributed by atoms with Crippen molar-refractivity contribution >= 4 is 0 Å². The number of rotatable bonds is 4. The maximum absolute atomic E-state index is 9.78. The van der Waals surface area contributed by atoms with Crippen molar-refractivity contribution < 1.29 is 5.21 Å². The van der Waals surface area contributed by atoms with Crippen molar-refractivity contribution in [1.82, 2.24) is 10.6 Å². The van der Waals surface area contributed by atoms with E-state index in [0.717, 1.165) is 5.56 Å². The van der Waals surface area contributed by atoms with E-state index in [1.54, 1.807) is 0 Å². The van der Waals surface area contributed by atoms with Gasteiger partial charge in [-0.05, 0) is 18.4 Å². The Bertz CT molecular complexity index is 296. The van der Waals surface area contributed by atoms with Crippen LogP contribution < -0.4 is 5.43 Å². The lowest BCUT2D eigenvalue weighted by Crippen LogP contribution is -2.43. The van der Waals surface area contributed by atoms with Crippen LogP contribution in [0, 0.1) is 0 Å². The smallest absolute Gasteiger partial charge is 0.0649 e. The van der Waals surface area contributed by atoms with Crippen molar-refractivity contribution in [3.05, 3.63) is 35.9 Å². The molecular formula is C13H20N2O. The molecule has 16 heavy (non-hydrogen) atoms. The van der Waals surface area contributed by atoms with Crippen molar-refractivity contribution in [2.24, 2.45) is 0 Å². The summed E-state index contributed by atoms with van der Waals surface area (Å²) in [6.45, 7) is 0.539. The van der Waals surface area contributed by atoms with Gasteiger partial charge in [0.1, 0.15) is 0 Å². The summed E-state index contributed by atoms with van der Waals surface area (Å²) in [6.07, 6.45) is 6.23. The molecule has 0 radical (unpaired) electrons. The molecule has 1 aromatic carbocycles. The quantitative estimate of drug-likeness (QED) is 0.766. The molecule has 1 aliphatic carbocycles. The van der Waals surface area contributed by atoms with Crippen LogP contribution in [0.3, 0.4) is 0 Å². The fraction of sp³-hybridized carbons (Fsp3) is 0.538. The maximum Gasteiger partial charge on any atom is 0.0649 e. The van der Waals surface area contributed by atoms with Gasteiger partial charge in [0.2, 0.25) is 0 Å². The summed E-state index contributed by atoms with van der Waals surface area (Å²) in [4.78, 5) is 0. The molecule has 1 fully saturated rings. The summed E-state index contributed by atoms with van der Waals surface area (Å²) in [5, 5.41) is 11.0. The molecule has 0 heterocycles. The van der Waals surface area contributed by atoms with E-state index in [4.69, 9.17) is 0 Å². The highest BCUT2D eigenvalue weighted by atomic mass is 16.5. The Morgan fingerprint density at radius 2 is 1.81 bits per heavy atom. The molecule has 2 rings (SSSR count). The van der Waals surface area contributed by atoms with Crippen LogP contribution in [-0.2, 0) is 6.54 Å². The predicted octanol–water partition coefficient (Wildman–Crippen LogP) is 2.72. The topological polar surface area (TPSA) is 35.5 Å². The minimum atomic E-state index is 0.447. The zero-order valence-electron chi connectivity index (χ0n) is 9.60. The molecule has 3 nitrogen and oxygen atoms in total. The maximum atomic E-state index is 9.78. The lowest BCUT2D eigenvalue weighted by Gasteiger charge is -2.27. The molecule has 0 unspecified atom stereocenters. The lowest BCUT2D eigenvalue weighted by atomic mass is 9.96. The SMILES string of the molecule is ON(Cc1ccccc1)NC1CCCCC1. The van der Waals surface area contributed by atoms with Crippen LogP contribution in [0.25, 0.3) is 0 Å². The van der Waals surface area contributed by atoms with Crippen molar-refractivity contribution in [2.45, 2.75) is 44.7 Å². The first-order valence-corrected chi connectivity index (χ1v) is 6.11. The molecule has 0 spiro atoms. The van der Waals surface area contributed by atoms with Crippen molar-refractivity contribution in [1.29, 1.82) is 0 Å². The molecule has 0 aliphatic heterocycles. The molecule has 1 saturated carbocycles. The third kappa shape index (κ3) is 3.59. The number of hydrazine groups is 1. The molecular weight excluding hydrogens is 200 g/mol. The van der Waals surface area contributed by atoms with E-state index >= 15 is 0 Å². The Labute approximate surface area is 97.0 Å². The van der Waals surface area contributed by atoms with Crippen LogP contribution in [-0.4, -0.2) is 16.4 Å². The molecule has 2 N–H and O–H groups in total. The number of nitrogens with zero attached hydrogens (tertiary/aromatic N) is 1. The molecule has 0 aromatic heterocycles. The number of hydrogen-bond donors (Lipinski definition) is 2. The van der Waals surface area contributed by atoms with Crippen LogP contribution >= 0.6 is 0 Å². The number of hydrogen-bond acceptors (Lipinski definition) is 3.